The molecule has 2 aromatic heterocycles. The van der Waals surface area contributed by atoms with E-state index in [0.29, 0.717) is 38.7 Å². The maximum Gasteiger partial charge on any atom is 0.267 e. The molecule has 4 rings (SSSR count). The molecule has 2 aliphatic heterocycles. The van der Waals surface area contributed by atoms with E-state index in [1.165, 1.54) is 18.2 Å². The van der Waals surface area contributed by atoms with Crippen molar-refractivity contribution in [3.8, 4) is 0 Å². The fraction of sp³-hybridized carbons (Fsp3) is 0.538. The molecule has 0 spiro atoms. The fourth-order valence-corrected chi connectivity index (χ4v) is 5.99. The quantitative estimate of drug-likeness (QED) is 0.358. The number of rotatable bonds is 8. The van der Waals surface area contributed by atoms with Crippen molar-refractivity contribution >= 4 is 51.7 Å². The second-order valence-corrected chi connectivity index (χ2v) is 11.0. The number of thioether (sulfide) groups is 1. The summed E-state index contributed by atoms with van der Waals surface area (Å²) < 4.78 is 2.17. The number of pyridine rings is 1. The van der Waals surface area contributed by atoms with Gasteiger partial charge in [-0.2, -0.15) is 0 Å². The van der Waals surface area contributed by atoms with E-state index in [9.17, 15) is 9.59 Å². The van der Waals surface area contributed by atoms with Crippen LogP contribution in [-0.4, -0.2) is 44.1 Å². The molecule has 0 aromatic carbocycles. The number of hydrogen-bond donors (Lipinski definition) is 0. The zero-order valence-corrected chi connectivity index (χ0v) is 22.0. The Bertz CT molecular complexity index is 1170. The van der Waals surface area contributed by atoms with Crippen LogP contribution in [0.15, 0.2) is 28.0 Å². The Labute approximate surface area is 211 Å². The number of anilines is 1. The smallest absolute Gasteiger partial charge is 0.267 e. The number of aromatic nitrogens is 2. The Kier molecular flexibility index (Phi) is 8.09. The van der Waals surface area contributed by atoms with E-state index in [2.05, 4.69) is 18.7 Å². The molecule has 4 heterocycles. The monoisotopic (exact) mass is 498 g/mol. The predicted octanol–water partition coefficient (Wildman–Crippen LogP) is 5.41. The molecule has 0 aliphatic carbocycles. The summed E-state index contributed by atoms with van der Waals surface area (Å²) in [6.07, 6.45) is 11.2. The number of fused-ring (bicyclic) bond motifs is 1. The lowest BCUT2D eigenvalue weighted by atomic mass is 9.99. The average molecular weight is 499 g/mol. The molecule has 34 heavy (non-hydrogen) atoms. The maximum absolute atomic E-state index is 13.6. The molecule has 0 bridgehead atoms. The summed E-state index contributed by atoms with van der Waals surface area (Å²) in [5.74, 6) is 1.02. The number of aryl methyl sites for hydroxylation is 1. The minimum Gasteiger partial charge on any atom is -0.356 e. The molecule has 2 aromatic rings. The number of thiocarbonyl (C=S) groups is 1. The molecule has 2 saturated heterocycles. The highest BCUT2D eigenvalue weighted by molar-refractivity contribution is 8.26. The largest absolute Gasteiger partial charge is 0.356 e. The molecule has 8 heteroatoms. The third-order valence-electron chi connectivity index (χ3n) is 6.85. The molecule has 182 valence electrons. The fourth-order valence-electron chi connectivity index (χ4n) is 4.74. The Morgan fingerprint density at radius 1 is 1.21 bits per heavy atom. The number of piperidine rings is 1. The van der Waals surface area contributed by atoms with Crippen LogP contribution < -0.4 is 10.5 Å². The number of nitrogens with zero attached hydrogens (tertiary/aromatic N) is 4. The Morgan fingerprint density at radius 3 is 2.68 bits per heavy atom. The number of carbonyl (C=O) groups is 1. The van der Waals surface area contributed by atoms with Crippen molar-refractivity contribution < 1.29 is 4.79 Å². The van der Waals surface area contributed by atoms with E-state index in [-0.39, 0.29) is 11.5 Å². The van der Waals surface area contributed by atoms with Crippen LogP contribution in [0.3, 0.4) is 0 Å². The summed E-state index contributed by atoms with van der Waals surface area (Å²) in [7, 11) is 0. The summed E-state index contributed by atoms with van der Waals surface area (Å²) in [5.41, 5.74) is 1.95. The third-order valence-corrected chi connectivity index (χ3v) is 8.23. The number of unbranched alkanes of at least 4 members (excludes halogenated alkanes) is 1. The number of amides is 1. The lowest BCUT2D eigenvalue weighted by Crippen LogP contribution is -2.34. The molecule has 1 atom stereocenters. The molecule has 0 radical (unpaired) electrons. The Morgan fingerprint density at radius 2 is 1.97 bits per heavy atom. The van der Waals surface area contributed by atoms with E-state index in [0.717, 1.165) is 57.2 Å². The second-order valence-electron chi connectivity index (χ2n) is 9.30. The first-order valence-corrected chi connectivity index (χ1v) is 13.7. The predicted molar refractivity (Wildman–Crippen MR) is 145 cm³/mol. The molecule has 0 saturated carbocycles. The van der Waals surface area contributed by atoms with Crippen LogP contribution in [0, 0.1) is 12.8 Å². The van der Waals surface area contributed by atoms with Gasteiger partial charge < -0.3 is 4.90 Å². The van der Waals surface area contributed by atoms with E-state index < -0.39 is 0 Å². The van der Waals surface area contributed by atoms with Gasteiger partial charge in [-0.3, -0.25) is 18.9 Å². The summed E-state index contributed by atoms with van der Waals surface area (Å²) in [6, 6.07) is 3.83. The first kappa shape index (κ1) is 24.9. The molecule has 6 nitrogen and oxygen atoms in total. The van der Waals surface area contributed by atoms with Gasteiger partial charge >= 0.3 is 0 Å². The minimum atomic E-state index is -0.145. The lowest BCUT2D eigenvalue weighted by Gasteiger charge is -2.29. The van der Waals surface area contributed by atoms with Crippen molar-refractivity contribution in [2.45, 2.75) is 65.7 Å². The van der Waals surface area contributed by atoms with Gasteiger partial charge in [0.2, 0.25) is 0 Å². The number of hydrogen-bond acceptors (Lipinski definition) is 6. The summed E-state index contributed by atoms with van der Waals surface area (Å²) >= 11 is 6.89. The van der Waals surface area contributed by atoms with Crippen molar-refractivity contribution in [1.82, 2.24) is 14.3 Å². The average Bonchev–Trinajstić information content (AvgIpc) is 3.11. The van der Waals surface area contributed by atoms with Gasteiger partial charge in [0.05, 0.1) is 10.5 Å². The topological polar surface area (TPSA) is 57.9 Å². The molecular weight excluding hydrogens is 464 g/mol. The van der Waals surface area contributed by atoms with Crippen LogP contribution in [0.1, 0.15) is 69.9 Å². The van der Waals surface area contributed by atoms with Gasteiger partial charge in [-0.25, -0.2) is 4.98 Å². The van der Waals surface area contributed by atoms with Crippen LogP contribution in [0.4, 0.5) is 5.82 Å². The highest BCUT2D eigenvalue weighted by Gasteiger charge is 2.34. The van der Waals surface area contributed by atoms with Crippen LogP contribution in [0.2, 0.25) is 0 Å². The summed E-state index contributed by atoms with van der Waals surface area (Å²) in [6.45, 7) is 8.70. The van der Waals surface area contributed by atoms with Gasteiger partial charge in [-0.1, -0.05) is 63.2 Å². The zero-order valence-electron chi connectivity index (χ0n) is 20.4. The maximum atomic E-state index is 13.6. The Hall–Kier alpha value is -2.19. The molecule has 1 unspecified atom stereocenters. The van der Waals surface area contributed by atoms with Crippen LogP contribution in [0.5, 0.6) is 0 Å². The van der Waals surface area contributed by atoms with Crippen LogP contribution >= 0.6 is 24.0 Å². The van der Waals surface area contributed by atoms with Crippen molar-refractivity contribution in [3.63, 3.8) is 0 Å². The van der Waals surface area contributed by atoms with Gasteiger partial charge in [0.15, 0.2) is 0 Å². The third kappa shape index (κ3) is 5.08. The van der Waals surface area contributed by atoms with Gasteiger partial charge in [-0.15, -0.1) is 0 Å². The van der Waals surface area contributed by atoms with Crippen molar-refractivity contribution in [2.24, 2.45) is 5.92 Å². The van der Waals surface area contributed by atoms with Crippen molar-refractivity contribution in [3.05, 3.63) is 44.7 Å². The standard InChI is InChI=1S/C26H34N4O2S2/c1-4-6-12-19(5-2)17-30-25(32)21(34-26(30)33)16-20-23(28-13-8-7-9-14-28)27-22-18(3)11-10-15-29(22)24(20)31/h10-11,15-16,19H,4-9,12-14,17H2,1-3H3. The first-order chi connectivity index (χ1) is 16.4. The van der Waals surface area contributed by atoms with Crippen LogP contribution in [-0.2, 0) is 4.79 Å². The normalized spacial score (nSPS) is 19.0. The van der Waals surface area contributed by atoms with E-state index >= 15 is 0 Å². The highest BCUT2D eigenvalue weighted by Crippen LogP contribution is 2.35. The minimum absolute atomic E-state index is 0.0942. The Balaban J connectivity index is 1.73. The van der Waals surface area contributed by atoms with E-state index in [4.69, 9.17) is 17.2 Å². The zero-order chi connectivity index (χ0) is 24.2. The molecule has 0 N–H and O–H groups in total. The van der Waals surface area contributed by atoms with E-state index in [1.807, 2.05) is 19.1 Å². The summed E-state index contributed by atoms with van der Waals surface area (Å²) in [5, 5.41) is 0. The van der Waals surface area contributed by atoms with E-state index in [1.54, 1.807) is 21.6 Å². The van der Waals surface area contributed by atoms with Crippen LogP contribution in [0.25, 0.3) is 11.7 Å². The highest BCUT2D eigenvalue weighted by atomic mass is 32.2. The molecule has 1 amide bonds. The lowest BCUT2D eigenvalue weighted by molar-refractivity contribution is -0.122. The second kappa shape index (κ2) is 11.0. The molecular formula is C26H34N4O2S2. The van der Waals surface area contributed by atoms with Crippen molar-refractivity contribution in [2.75, 3.05) is 24.5 Å². The van der Waals surface area contributed by atoms with Gasteiger partial charge in [0, 0.05) is 25.8 Å². The molecule has 2 aliphatic rings. The SMILES string of the molecule is CCCCC(CC)CN1C(=O)C(=Cc2c(N3CCCCC3)nc3c(C)cccn3c2=O)SC1=S. The van der Waals surface area contributed by atoms with Gasteiger partial charge in [-0.05, 0) is 56.2 Å². The number of carbonyl (C=O) groups excluding carboxylic acids is 1. The van der Waals surface area contributed by atoms with Gasteiger partial charge in [0.1, 0.15) is 15.8 Å². The molecule has 2 fully saturated rings. The van der Waals surface area contributed by atoms with Gasteiger partial charge in [0.25, 0.3) is 11.5 Å². The van der Waals surface area contributed by atoms with Crippen molar-refractivity contribution in [1.29, 1.82) is 0 Å². The summed E-state index contributed by atoms with van der Waals surface area (Å²) in [4.78, 5) is 36.4. The first-order valence-electron chi connectivity index (χ1n) is 12.5.